The number of pyridine rings is 1. The van der Waals surface area contributed by atoms with Crippen molar-refractivity contribution < 1.29 is 19.4 Å². The molecule has 33 heavy (non-hydrogen) atoms. The van der Waals surface area contributed by atoms with Crippen LogP contribution in [0.25, 0.3) is 0 Å². The Hall–Kier alpha value is -3.25. The number of nitrogens with zero attached hydrogens (tertiary/aromatic N) is 1. The summed E-state index contributed by atoms with van der Waals surface area (Å²) in [7, 11) is 0. The van der Waals surface area contributed by atoms with Crippen LogP contribution in [0.2, 0.25) is 5.02 Å². The van der Waals surface area contributed by atoms with Crippen molar-refractivity contribution in [2.45, 2.75) is 46.1 Å². The molecule has 7 heteroatoms. The number of rotatable bonds is 5. The second-order valence-corrected chi connectivity index (χ2v) is 9.12. The number of ether oxygens (including phenoxy) is 2. The van der Waals surface area contributed by atoms with E-state index in [1.807, 2.05) is 27.7 Å². The molecular formula is C26H27ClN2O4. The van der Waals surface area contributed by atoms with Gasteiger partial charge in [-0.05, 0) is 87.6 Å². The Bertz CT molecular complexity index is 1210. The fourth-order valence-electron chi connectivity index (χ4n) is 4.02. The van der Waals surface area contributed by atoms with E-state index in [4.69, 9.17) is 21.1 Å². The zero-order valence-corrected chi connectivity index (χ0v) is 19.9. The molecule has 2 heterocycles. The van der Waals surface area contributed by atoms with Gasteiger partial charge in [-0.3, -0.25) is 9.78 Å². The monoisotopic (exact) mass is 466 g/mol. The van der Waals surface area contributed by atoms with Gasteiger partial charge < -0.3 is 19.9 Å². The van der Waals surface area contributed by atoms with Gasteiger partial charge in [-0.1, -0.05) is 11.6 Å². The van der Waals surface area contributed by atoms with Gasteiger partial charge in [-0.25, -0.2) is 0 Å². The molecule has 1 aliphatic heterocycles. The van der Waals surface area contributed by atoms with Crippen molar-refractivity contribution in [1.29, 1.82) is 0 Å². The van der Waals surface area contributed by atoms with Crippen molar-refractivity contribution >= 4 is 23.2 Å². The maximum Gasteiger partial charge on any atom is 0.257 e. The molecule has 0 radical (unpaired) electrons. The average Bonchev–Trinajstić information content (AvgIpc) is 2.81. The number of phenolic OH excluding ortho intramolecular Hbond substituents is 1. The molecule has 6 nitrogen and oxygen atoms in total. The number of hydrogen-bond acceptors (Lipinski definition) is 5. The van der Waals surface area contributed by atoms with Crippen LogP contribution in [0.3, 0.4) is 0 Å². The first-order chi connectivity index (χ1) is 15.7. The summed E-state index contributed by atoms with van der Waals surface area (Å²) < 4.78 is 12.4. The fourth-order valence-corrected chi connectivity index (χ4v) is 4.26. The first kappa shape index (κ1) is 22.9. The lowest BCUT2D eigenvalue weighted by molar-refractivity contribution is 0.0167. The quantitative estimate of drug-likeness (QED) is 0.498. The number of benzene rings is 2. The molecule has 0 saturated heterocycles. The van der Waals surface area contributed by atoms with Crippen molar-refractivity contribution in [3.05, 3.63) is 75.6 Å². The summed E-state index contributed by atoms with van der Waals surface area (Å²) in [4.78, 5) is 16.3. The number of anilines is 1. The minimum Gasteiger partial charge on any atom is -0.507 e. The standard InChI is InChI=1S/C26H27ClN2O4/c1-15-16(2)24-20(17(3)23(15)30)9-10-26(4,33-24)14-32-22-8-7-19(12-21(22)27)29-25(31)18-6-5-11-28-13-18/h5-8,11-13,30H,9-10,14H2,1-4H3,(H,29,31). The van der Waals surface area contributed by atoms with Gasteiger partial charge >= 0.3 is 0 Å². The number of aromatic hydroxyl groups is 1. The molecule has 3 aromatic rings. The Kier molecular flexibility index (Phi) is 6.21. The van der Waals surface area contributed by atoms with Gasteiger partial charge in [0.2, 0.25) is 0 Å². The summed E-state index contributed by atoms with van der Waals surface area (Å²) in [5, 5.41) is 13.6. The molecule has 1 aromatic heterocycles. The molecule has 4 rings (SSSR count). The van der Waals surface area contributed by atoms with Crippen molar-refractivity contribution in [2.75, 3.05) is 11.9 Å². The lowest BCUT2D eigenvalue weighted by Gasteiger charge is -2.37. The van der Waals surface area contributed by atoms with Gasteiger partial charge in [-0.15, -0.1) is 0 Å². The number of fused-ring (bicyclic) bond motifs is 1. The molecule has 1 unspecified atom stereocenters. The molecule has 1 amide bonds. The van der Waals surface area contributed by atoms with Crippen molar-refractivity contribution in [2.24, 2.45) is 0 Å². The number of carbonyl (C=O) groups excluding carboxylic acids is 1. The van der Waals surface area contributed by atoms with Crippen LogP contribution in [-0.4, -0.2) is 28.2 Å². The van der Waals surface area contributed by atoms with Crippen LogP contribution in [0, 0.1) is 20.8 Å². The average molecular weight is 467 g/mol. The predicted octanol–water partition coefficient (Wildman–Crippen LogP) is 5.78. The smallest absolute Gasteiger partial charge is 0.257 e. The summed E-state index contributed by atoms with van der Waals surface area (Å²) in [6.45, 7) is 8.13. The summed E-state index contributed by atoms with van der Waals surface area (Å²) in [6, 6.07) is 8.53. The fraction of sp³-hybridized carbons (Fsp3) is 0.308. The third-order valence-corrected chi connectivity index (χ3v) is 6.53. The zero-order chi connectivity index (χ0) is 23.8. The highest BCUT2D eigenvalue weighted by molar-refractivity contribution is 6.32. The van der Waals surface area contributed by atoms with Gasteiger partial charge in [0, 0.05) is 23.6 Å². The minimum absolute atomic E-state index is 0.262. The van der Waals surface area contributed by atoms with Gasteiger partial charge in [0.1, 0.15) is 29.5 Å². The van der Waals surface area contributed by atoms with Crippen LogP contribution in [0.15, 0.2) is 42.7 Å². The number of carbonyl (C=O) groups is 1. The summed E-state index contributed by atoms with van der Waals surface area (Å²) in [5.41, 5.74) is 4.21. The Morgan fingerprint density at radius 2 is 2.03 bits per heavy atom. The highest BCUT2D eigenvalue weighted by atomic mass is 35.5. The van der Waals surface area contributed by atoms with Gasteiger partial charge in [0.05, 0.1) is 10.6 Å². The second kappa shape index (κ2) is 8.94. The number of halogens is 1. The molecular weight excluding hydrogens is 440 g/mol. The van der Waals surface area contributed by atoms with E-state index in [9.17, 15) is 9.90 Å². The van der Waals surface area contributed by atoms with Crippen molar-refractivity contribution in [3.8, 4) is 17.2 Å². The van der Waals surface area contributed by atoms with Gasteiger partial charge in [-0.2, -0.15) is 0 Å². The van der Waals surface area contributed by atoms with E-state index in [1.54, 1.807) is 36.5 Å². The zero-order valence-electron chi connectivity index (χ0n) is 19.2. The Labute approximate surface area is 198 Å². The number of phenols is 1. The number of nitrogens with one attached hydrogen (secondary N) is 1. The van der Waals surface area contributed by atoms with E-state index in [0.717, 1.165) is 40.8 Å². The Morgan fingerprint density at radius 1 is 1.24 bits per heavy atom. The summed E-state index contributed by atoms with van der Waals surface area (Å²) in [5.74, 6) is 1.43. The van der Waals surface area contributed by atoms with Crippen LogP contribution in [0.1, 0.15) is 46.0 Å². The molecule has 2 N–H and O–H groups in total. The number of hydrogen-bond donors (Lipinski definition) is 2. The van der Waals surface area contributed by atoms with Crippen LogP contribution >= 0.6 is 11.6 Å². The molecule has 0 saturated carbocycles. The maximum atomic E-state index is 12.3. The van der Waals surface area contributed by atoms with E-state index >= 15 is 0 Å². The van der Waals surface area contributed by atoms with Crippen LogP contribution in [0.5, 0.6) is 17.2 Å². The summed E-state index contributed by atoms with van der Waals surface area (Å²) in [6.07, 6.45) is 4.66. The first-order valence-electron chi connectivity index (χ1n) is 10.8. The SMILES string of the molecule is Cc1c(C)c2c(c(C)c1O)CCC(C)(COc1ccc(NC(=O)c3cccnc3)cc1Cl)O2. The highest BCUT2D eigenvalue weighted by Crippen LogP contribution is 2.43. The van der Waals surface area contributed by atoms with Crippen LogP contribution < -0.4 is 14.8 Å². The minimum atomic E-state index is -0.538. The number of aromatic nitrogens is 1. The molecule has 0 fully saturated rings. The van der Waals surface area contributed by atoms with E-state index in [0.29, 0.717) is 34.4 Å². The van der Waals surface area contributed by atoms with Crippen molar-refractivity contribution in [3.63, 3.8) is 0 Å². The molecule has 1 aliphatic rings. The molecule has 0 aliphatic carbocycles. The Balaban J connectivity index is 1.45. The van der Waals surface area contributed by atoms with Crippen molar-refractivity contribution in [1.82, 2.24) is 4.98 Å². The topological polar surface area (TPSA) is 80.7 Å². The van der Waals surface area contributed by atoms with Crippen LogP contribution in [0.4, 0.5) is 5.69 Å². The second-order valence-electron chi connectivity index (χ2n) is 8.71. The molecule has 172 valence electrons. The predicted molar refractivity (Wildman–Crippen MR) is 129 cm³/mol. The van der Waals surface area contributed by atoms with E-state index in [1.165, 1.54) is 6.20 Å². The third kappa shape index (κ3) is 4.62. The lowest BCUT2D eigenvalue weighted by atomic mass is 9.87. The van der Waals surface area contributed by atoms with E-state index in [-0.39, 0.29) is 5.91 Å². The van der Waals surface area contributed by atoms with Crippen LogP contribution in [-0.2, 0) is 6.42 Å². The first-order valence-corrected chi connectivity index (χ1v) is 11.2. The molecule has 2 aromatic carbocycles. The molecule has 0 bridgehead atoms. The molecule has 0 spiro atoms. The Morgan fingerprint density at radius 3 is 2.73 bits per heavy atom. The third-order valence-electron chi connectivity index (χ3n) is 6.24. The van der Waals surface area contributed by atoms with Gasteiger partial charge in [0.25, 0.3) is 5.91 Å². The summed E-state index contributed by atoms with van der Waals surface area (Å²) >= 11 is 6.43. The maximum absolute atomic E-state index is 12.3. The normalized spacial score (nSPS) is 17.1. The highest BCUT2D eigenvalue weighted by Gasteiger charge is 2.35. The lowest BCUT2D eigenvalue weighted by Crippen LogP contribution is -2.42. The number of amides is 1. The largest absolute Gasteiger partial charge is 0.507 e. The molecule has 1 atom stereocenters. The van der Waals surface area contributed by atoms with E-state index < -0.39 is 5.60 Å². The van der Waals surface area contributed by atoms with E-state index in [2.05, 4.69) is 10.3 Å². The van der Waals surface area contributed by atoms with Gasteiger partial charge in [0.15, 0.2) is 0 Å².